The second-order valence-electron chi connectivity index (χ2n) is 4.88. The monoisotopic (exact) mass is 293 g/mol. The molecule has 0 unspecified atom stereocenters. The number of benzene rings is 1. The van der Waals surface area contributed by atoms with Crippen LogP contribution in [0.25, 0.3) is 16.9 Å². The molecular weight excluding hydrogens is 286 g/mol. The second-order valence-corrected chi connectivity index (χ2v) is 4.88. The number of nitro groups is 1. The van der Waals surface area contributed by atoms with Crippen LogP contribution in [0.4, 0.5) is 5.69 Å². The first-order chi connectivity index (χ1) is 10.6. The number of hydrogen-bond acceptors (Lipinski definition) is 5. The fourth-order valence-corrected chi connectivity index (χ4v) is 2.67. The highest BCUT2D eigenvalue weighted by molar-refractivity contribution is 6.52. The van der Waals surface area contributed by atoms with E-state index in [1.54, 1.807) is 24.4 Å². The number of Topliss-reactive ketones (excluding diaryl/α,β-unsaturated/α-hetero) is 2. The molecule has 0 atom stereocenters. The van der Waals surface area contributed by atoms with Crippen molar-refractivity contribution in [3.8, 4) is 11.3 Å². The molecule has 7 heteroatoms. The van der Waals surface area contributed by atoms with Gasteiger partial charge in [-0.3, -0.25) is 24.1 Å². The van der Waals surface area contributed by atoms with Crippen molar-refractivity contribution in [3.63, 3.8) is 0 Å². The van der Waals surface area contributed by atoms with Crippen LogP contribution < -0.4 is 0 Å². The third-order valence-electron chi connectivity index (χ3n) is 3.66. The molecule has 0 aliphatic heterocycles. The zero-order valence-electron chi connectivity index (χ0n) is 11.0. The van der Waals surface area contributed by atoms with Crippen LogP contribution in [0.15, 0.2) is 42.6 Å². The van der Waals surface area contributed by atoms with Gasteiger partial charge in [0.15, 0.2) is 0 Å². The molecule has 0 fully saturated rings. The molecule has 0 bridgehead atoms. The number of imidazole rings is 1. The average Bonchev–Trinajstić information content (AvgIpc) is 2.91. The number of rotatable bonds is 1. The van der Waals surface area contributed by atoms with Crippen molar-refractivity contribution < 1.29 is 14.5 Å². The number of carbonyl (C=O) groups is 2. The minimum absolute atomic E-state index is 0.145. The van der Waals surface area contributed by atoms with Gasteiger partial charge in [0.25, 0.3) is 11.5 Å². The number of fused-ring (bicyclic) bond motifs is 5. The smallest absolute Gasteiger partial charge is 0.270 e. The lowest BCUT2D eigenvalue weighted by atomic mass is 9.90. The van der Waals surface area contributed by atoms with Gasteiger partial charge >= 0.3 is 0 Å². The Morgan fingerprint density at radius 3 is 2.64 bits per heavy atom. The number of aromatic nitrogens is 2. The van der Waals surface area contributed by atoms with Crippen molar-refractivity contribution in [2.75, 3.05) is 0 Å². The average molecular weight is 293 g/mol. The Kier molecular flexibility index (Phi) is 2.30. The van der Waals surface area contributed by atoms with Crippen LogP contribution in [0, 0.1) is 10.1 Å². The minimum Gasteiger partial charge on any atom is -0.296 e. The van der Waals surface area contributed by atoms with Crippen molar-refractivity contribution >= 4 is 22.9 Å². The van der Waals surface area contributed by atoms with Gasteiger partial charge in [-0.1, -0.05) is 6.07 Å². The summed E-state index contributed by atoms with van der Waals surface area (Å²) in [6.07, 6.45) is 1.63. The number of nitrogens with zero attached hydrogens (tertiary/aromatic N) is 3. The number of ketones is 2. The molecule has 0 saturated carbocycles. The van der Waals surface area contributed by atoms with E-state index in [0.29, 0.717) is 16.9 Å². The van der Waals surface area contributed by atoms with Crippen molar-refractivity contribution in [1.29, 1.82) is 0 Å². The van der Waals surface area contributed by atoms with E-state index in [2.05, 4.69) is 4.98 Å². The molecule has 0 radical (unpaired) electrons. The number of non-ortho nitro benzene ring substituents is 1. The topological polar surface area (TPSA) is 94.6 Å². The van der Waals surface area contributed by atoms with Crippen LogP contribution in [-0.2, 0) is 0 Å². The Balaban J connectivity index is 2.12. The molecular formula is C15H7N3O4. The molecule has 22 heavy (non-hydrogen) atoms. The molecule has 0 N–H and O–H groups in total. The molecule has 4 rings (SSSR count). The van der Waals surface area contributed by atoms with Gasteiger partial charge in [-0.25, -0.2) is 4.98 Å². The van der Waals surface area contributed by atoms with Gasteiger partial charge < -0.3 is 0 Å². The molecule has 2 aromatic heterocycles. The molecule has 106 valence electrons. The molecule has 7 nitrogen and oxygen atoms in total. The highest BCUT2D eigenvalue weighted by atomic mass is 16.6. The fraction of sp³-hybridized carbons (Fsp3) is 0. The standard InChI is InChI=1S/C15H7N3O4/c19-14-9-5-4-8(18(21)22)7-10(9)12-13(15(14)20)17-6-2-1-3-11(17)16-12/h1-7H. The number of hydrogen-bond donors (Lipinski definition) is 0. The zero-order chi connectivity index (χ0) is 15.4. The van der Waals surface area contributed by atoms with E-state index in [4.69, 9.17) is 0 Å². The van der Waals surface area contributed by atoms with Crippen LogP contribution in [0.3, 0.4) is 0 Å². The van der Waals surface area contributed by atoms with Crippen LogP contribution >= 0.6 is 0 Å². The molecule has 1 aliphatic rings. The normalized spacial score (nSPS) is 13.1. The van der Waals surface area contributed by atoms with Crippen LogP contribution in [0.5, 0.6) is 0 Å². The van der Waals surface area contributed by atoms with Gasteiger partial charge in [0.1, 0.15) is 17.0 Å². The van der Waals surface area contributed by atoms with Gasteiger partial charge in [-0.05, 0) is 18.2 Å². The predicted octanol–water partition coefficient (Wildman–Crippen LogP) is 2.29. The molecule has 0 amide bonds. The first-order valence-corrected chi connectivity index (χ1v) is 6.43. The Bertz CT molecular complexity index is 1000. The van der Waals surface area contributed by atoms with Crippen molar-refractivity contribution in [3.05, 3.63) is 64.0 Å². The molecule has 0 spiro atoms. The summed E-state index contributed by atoms with van der Waals surface area (Å²) in [5, 5.41) is 10.9. The summed E-state index contributed by atoms with van der Waals surface area (Å²) in [6, 6.07) is 8.98. The molecule has 2 heterocycles. The van der Waals surface area contributed by atoms with E-state index < -0.39 is 16.5 Å². The van der Waals surface area contributed by atoms with Crippen LogP contribution in [0.2, 0.25) is 0 Å². The van der Waals surface area contributed by atoms with Gasteiger partial charge in [0.2, 0.25) is 5.78 Å². The summed E-state index contributed by atoms with van der Waals surface area (Å²) in [4.78, 5) is 39.3. The number of pyridine rings is 1. The first kappa shape index (κ1) is 12.4. The summed E-state index contributed by atoms with van der Waals surface area (Å²) >= 11 is 0. The highest BCUT2D eigenvalue weighted by Gasteiger charge is 2.35. The van der Waals surface area contributed by atoms with Crippen molar-refractivity contribution in [1.82, 2.24) is 9.38 Å². The van der Waals surface area contributed by atoms with E-state index in [1.165, 1.54) is 22.6 Å². The molecule has 1 aromatic carbocycles. The van der Waals surface area contributed by atoms with Gasteiger partial charge in [0.05, 0.1) is 4.92 Å². The lowest BCUT2D eigenvalue weighted by Gasteiger charge is -2.13. The lowest BCUT2D eigenvalue weighted by Crippen LogP contribution is -2.22. The third-order valence-corrected chi connectivity index (χ3v) is 3.66. The van der Waals surface area contributed by atoms with Crippen molar-refractivity contribution in [2.24, 2.45) is 0 Å². The zero-order valence-corrected chi connectivity index (χ0v) is 11.0. The second kappa shape index (κ2) is 4.08. The molecule has 1 aliphatic carbocycles. The summed E-state index contributed by atoms with van der Waals surface area (Å²) in [5.41, 5.74) is 1.27. The molecule has 0 saturated heterocycles. The Morgan fingerprint density at radius 1 is 1.05 bits per heavy atom. The third kappa shape index (κ3) is 1.47. The van der Waals surface area contributed by atoms with Gasteiger partial charge in [-0.2, -0.15) is 0 Å². The maximum atomic E-state index is 12.3. The minimum atomic E-state index is -0.678. The van der Waals surface area contributed by atoms with E-state index in [9.17, 15) is 19.7 Å². The maximum Gasteiger partial charge on any atom is 0.270 e. The Morgan fingerprint density at radius 2 is 1.86 bits per heavy atom. The van der Waals surface area contributed by atoms with E-state index >= 15 is 0 Å². The largest absolute Gasteiger partial charge is 0.296 e. The van der Waals surface area contributed by atoms with Crippen LogP contribution in [-0.4, -0.2) is 25.9 Å². The number of nitro benzene ring substituents is 1. The first-order valence-electron chi connectivity index (χ1n) is 6.43. The lowest BCUT2D eigenvalue weighted by molar-refractivity contribution is -0.384. The maximum absolute atomic E-state index is 12.3. The predicted molar refractivity (Wildman–Crippen MR) is 75.9 cm³/mol. The summed E-state index contributed by atoms with van der Waals surface area (Å²) in [7, 11) is 0. The SMILES string of the molecule is O=C1C(=O)c2c(nc3ccccn23)-c2cc([N+](=O)[O-])ccc21. The van der Waals surface area contributed by atoms with E-state index in [1.807, 2.05) is 0 Å². The fourth-order valence-electron chi connectivity index (χ4n) is 2.67. The quantitative estimate of drug-likeness (QED) is 0.389. The molecule has 3 aromatic rings. The Labute approximate surface area is 123 Å². The van der Waals surface area contributed by atoms with Crippen LogP contribution in [0.1, 0.15) is 20.8 Å². The number of carbonyl (C=O) groups excluding carboxylic acids is 2. The van der Waals surface area contributed by atoms with Gasteiger partial charge in [-0.15, -0.1) is 0 Å². The van der Waals surface area contributed by atoms with Gasteiger partial charge in [0, 0.05) is 29.5 Å². The Hall–Kier alpha value is -3.35. The van der Waals surface area contributed by atoms with Crippen molar-refractivity contribution in [2.45, 2.75) is 0 Å². The summed E-state index contributed by atoms with van der Waals surface area (Å²) in [6.45, 7) is 0. The van der Waals surface area contributed by atoms with E-state index in [-0.39, 0.29) is 16.9 Å². The van der Waals surface area contributed by atoms with E-state index in [0.717, 1.165) is 0 Å². The highest BCUT2D eigenvalue weighted by Crippen LogP contribution is 2.35. The summed E-state index contributed by atoms with van der Waals surface area (Å²) in [5.74, 6) is -1.34. The summed E-state index contributed by atoms with van der Waals surface area (Å²) < 4.78 is 1.53.